The highest BCUT2D eigenvalue weighted by Gasteiger charge is 2.29. The zero-order chi connectivity index (χ0) is 22.5. The molecule has 0 radical (unpaired) electrons. The molecule has 7 heteroatoms. The Morgan fingerprint density at radius 1 is 1.10 bits per heavy atom. The summed E-state index contributed by atoms with van der Waals surface area (Å²) in [7, 11) is 0. The number of aryl methyl sites for hydroxylation is 1. The molecular formula is C23H29N3O4. The lowest BCUT2D eigenvalue weighted by atomic mass is 10.1. The summed E-state index contributed by atoms with van der Waals surface area (Å²) in [6.45, 7) is 9.50. The molecule has 160 valence electrons. The molecule has 0 aliphatic heterocycles. The average molecular weight is 412 g/mol. The van der Waals surface area contributed by atoms with Crippen molar-refractivity contribution in [3.8, 4) is 0 Å². The summed E-state index contributed by atoms with van der Waals surface area (Å²) in [5, 5.41) is 14.2. The van der Waals surface area contributed by atoms with Crippen molar-refractivity contribution in [2.75, 3.05) is 0 Å². The summed E-state index contributed by atoms with van der Waals surface area (Å²) in [5.41, 5.74) is 1.75. The van der Waals surface area contributed by atoms with Crippen LogP contribution >= 0.6 is 0 Å². The van der Waals surface area contributed by atoms with Gasteiger partial charge in [-0.2, -0.15) is 0 Å². The molecule has 30 heavy (non-hydrogen) atoms. The molecule has 2 amide bonds. The lowest BCUT2D eigenvalue weighted by Gasteiger charge is -2.31. The first-order valence-electron chi connectivity index (χ1n) is 9.87. The number of rotatable bonds is 7. The Bertz CT molecular complexity index is 917. The molecule has 7 nitrogen and oxygen atoms in total. The molecule has 0 heterocycles. The number of para-hydroxylation sites is 1. The van der Waals surface area contributed by atoms with Crippen LogP contribution in [0.5, 0.6) is 0 Å². The monoisotopic (exact) mass is 411 g/mol. The third-order valence-electron chi connectivity index (χ3n) is 4.67. The molecule has 0 saturated carbocycles. The second kappa shape index (κ2) is 9.52. The van der Waals surface area contributed by atoms with Crippen molar-refractivity contribution >= 4 is 17.5 Å². The van der Waals surface area contributed by atoms with Gasteiger partial charge in [0.25, 0.3) is 5.69 Å². The summed E-state index contributed by atoms with van der Waals surface area (Å²) in [4.78, 5) is 38.2. The van der Waals surface area contributed by atoms with Crippen LogP contribution in [0.2, 0.25) is 0 Å². The summed E-state index contributed by atoms with van der Waals surface area (Å²) < 4.78 is 0. The van der Waals surface area contributed by atoms with E-state index in [1.165, 1.54) is 11.0 Å². The quantitative estimate of drug-likeness (QED) is 0.554. The Hall–Kier alpha value is -3.22. The van der Waals surface area contributed by atoms with E-state index >= 15 is 0 Å². The topological polar surface area (TPSA) is 92.6 Å². The molecule has 2 rings (SSSR count). The van der Waals surface area contributed by atoms with Crippen molar-refractivity contribution in [2.45, 2.75) is 59.2 Å². The molecule has 2 aromatic carbocycles. The Balaban J connectivity index is 2.32. The average Bonchev–Trinajstić information content (AvgIpc) is 2.65. The molecule has 0 fully saturated rings. The fourth-order valence-corrected chi connectivity index (χ4v) is 3.05. The predicted octanol–water partition coefficient (Wildman–Crippen LogP) is 3.78. The van der Waals surface area contributed by atoms with Crippen LogP contribution in [0.25, 0.3) is 0 Å². The van der Waals surface area contributed by atoms with Crippen LogP contribution in [0.15, 0.2) is 48.5 Å². The van der Waals surface area contributed by atoms with E-state index < -0.39 is 16.5 Å². The van der Waals surface area contributed by atoms with Crippen LogP contribution < -0.4 is 5.32 Å². The molecule has 0 aliphatic carbocycles. The van der Waals surface area contributed by atoms with Gasteiger partial charge in [0.2, 0.25) is 11.8 Å². The minimum atomic E-state index is -0.735. The summed E-state index contributed by atoms with van der Waals surface area (Å²) in [6, 6.07) is 13.2. The lowest BCUT2D eigenvalue weighted by molar-refractivity contribution is -0.385. The van der Waals surface area contributed by atoms with Gasteiger partial charge in [0.1, 0.15) is 6.04 Å². The van der Waals surface area contributed by atoms with E-state index in [4.69, 9.17) is 0 Å². The van der Waals surface area contributed by atoms with Crippen LogP contribution in [0, 0.1) is 17.0 Å². The number of benzene rings is 2. The van der Waals surface area contributed by atoms with Crippen molar-refractivity contribution < 1.29 is 14.5 Å². The first-order valence-corrected chi connectivity index (χ1v) is 9.87. The van der Waals surface area contributed by atoms with Crippen LogP contribution in [-0.4, -0.2) is 33.2 Å². The summed E-state index contributed by atoms with van der Waals surface area (Å²) in [5.74, 6) is -0.619. The van der Waals surface area contributed by atoms with Crippen molar-refractivity contribution in [3.63, 3.8) is 0 Å². The molecule has 2 aromatic rings. The van der Waals surface area contributed by atoms with Gasteiger partial charge >= 0.3 is 0 Å². The highest BCUT2D eigenvalue weighted by Crippen LogP contribution is 2.20. The van der Waals surface area contributed by atoms with E-state index in [1.807, 2.05) is 52.0 Å². The highest BCUT2D eigenvalue weighted by molar-refractivity contribution is 5.88. The van der Waals surface area contributed by atoms with Crippen LogP contribution in [0.3, 0.4) is 0 Å². The summed E-state index contributed by atoms with van der Waals surface area (Å²) in [6.07, 6.45) is -0.157. The number of hydrogen-bond acceptors (Lipinski definition) is 4. The number of nitro groups is 1. The first-order chi connectivity index (χ1) is 14.0. The van der Waals surface area contributed by atoms with Gasteiger partial charge in [-0.15, -0.1) is 0 Å². The van der Waals surface area contributed by atoms with Crippen LogP contribution in [0.1, 0.15) is 44.4 Å². The number of nitrogens with zero attached hydrogens (tertiary/aromatic N) is 2. The second-order valence-electron chi connectivity index (χ2n) is 8.49. The highest BCUT2D eigenvalue weighted by atomic mass is 16.6. The second-order valence-corrected chi connectivity index (χ2v) is 8.49. The molecule has 0 spiro atoms. The van der Waals surface area contributed by atoms with E-state index in [0.717, 1.165) is 11.1 Å². The van der Waals surface area contributed by atoms with Crippen LogP contribution in [0.4, 0.5) is 5.69 Å². The Morgan fingerprint density at radius 3 is 2.27 bits per heavy atom. The molecule has 0 aliphatic rings. The van der Waals surface area contributed by atoms with Gasteiger partial charge in [-0.25, -0.2) is 0 Å². The van der Waals surface area contributed by atoms with E-state index in [0.29, 0.717) is 5.56 Å². The zero-order valence-electron chi connectivity index (χ0n) is 18.1. The van der Waals surface area contributed by atoms with Crippen molar-refractivity contribution in [1.29, 1.82) is 0 Å². The predicted molar refractivity (Wildman–Crippen MR) is 116 cm³/mol. The Labute approximate surface area is 177 Å². The standard InChI is InChI=1S/C23H29N3O4/c1-16-10-12-18(13-11-16)15-25(17(2)22(28)24-23(3,4)5)21(27)14-19-8-6-7-9-20(19)26(29)30/h6-13,17H,14-15H2,1-5H3,(H,24,28)/t17-/m0/s1. The minimum absolute atomic E-state index is 0.104. The van der Waals surface area contributed by atoms with Gasteiger partial charge in [-0.3, -0.25) is 19.7 Å². The molecular weight excluding hydrogens is 382 g/mol. The summed E-state index contributed by atoms with van der Waals surface area (Å²) >= 11 is 0. The number of nitro benzene ring substituents is 1. The number of hydrogen-bond donors (Lipinski definition) is 1. The Kier molecular flexibility index (Phi) is 7.32. The number of nitrogens with one attached hydrogen (secondary N) is 1. The molecule has 0 bridgehead atoms. The van der Waals surface area contributed by atoms with E-state index in [1.54, 1.807) is 25.1 Å². The molecule has 0 saturated heterocycles. The van der Waals surface area contributed by atoms with Crippen molar-refractivity contribution in [1.82, 2.24) is 10.2 Å². The van der Waals surface area contributed by atoms with Gasteiger partial charge in [-0.05, 0) is 40.2 Å². The fourth-order valence-electron chi connectivity index (χ4n) is 3.05. The third kappa shape index (κ3) is 6.40. The van der Waals surface area contributed by atoms with E-state index in [2.05, 4.69) is 5.32 Å². The molecule has 0 aromatic heterocycles. The molecule has 0 unspecified atom stereocenters. The number of amides is 2. The maximum Gasteiger partial charge on any atom is 0.273 e. The molecule has 1 atom stereocenters. The first kappa shape index (κ1) is 23.1. The number of carbonyl (C=O) groups is 2. The van der Waals surface area contributed by atoms with E-state index in [9.17, 15) is 19.7 Å². The maximum atomic E-state index is 13.2. The minimum Gasteiger partial charge on any atom is -0.350 e. The van der Waals surface area contributed by atoms with Crippen LogP contribution in [-0.2, 0) is 22.6 Å². The van der Waals surface area contributed by atoms with Gasteiger partial charge < -0.3 is 10.2 Å². The van der Waals surface area contributed by atoms with Gasteiger partial charge in [0.15, 0.2) is 0 Å². The third-order valence-corrected chi connectivity index (χ3v) is 4.67. The van der Waals surface area contributed by atoms with Crippen molar-refractivity contribution in [3.05, 3.63) is 75.3 Å². The van der Waals surface area contributed by atoms with E-state index in [-0.39, 0.29) is 30.5 Å². The number of carbonyl (C=O) groups excluding carboxylic acids is 2. The van der Waals surface area contributed by atoms with Crippen molar-refractivity contribution in [2.24, 2.45) is 0 Å². The van der Waals surface area contributed by atoms with Gasteiger partial charge in [0, 0.05) is 23.7 Å². The molecule has 1 N–H and O–H groups in total. The lowest BCUT2D eigenvalue weighted by Crippen LogP contribution is -2.52. The Morgan fingerprint density at radius 2 is 1.70 bits per heavy atom. The smallest absolute Gasteiger partial charge is 0.273 e. The SMILES string of the molecule is Cc1ccc(CN(C(=O)Cc2ccccc2[N+](=O)[O-])[C@@H](C)C(=O)NC(C)(C)C)cc1. The van der Waals surface area contributed by atoms with Gasteiger partial charge in [-0.1, -0.05) is 48.0 Å². The fraction of sp³-hybridized carbons (Fsp3) is 0.391. The normalized spacial score (nSPS) is 12.2. The maximum absolute atomic E-state index is 13.2. The zero-order valence-corrected chi connectivity index (χ0v) is 18.1. The largest absolute Gasteiger partial charge is 0.350 e. The van der Waals surface area contributed by atoms with Gasteiger partial charge in [0.05, 0.1) is 11.3 Å².